The predicted octanol–water partition coefficient (Wildman–Crippen LogP) is 5.71. The van der Waals surface area contributed by atoms with E-state index < -0.39 is 17.9 Å². The summed E-state index contributed by atoms with van der Waals surface area (Å²) in [4.78, 5) is 26.5. The van der Waals surface area contributed by atoms with E-state index in [-0.39, 0.29) is 16.7 Å². The van der Waals surface area contributed by atoms with Gasteiger partial charge in [-0.25, -0.2) is 0 Å². The summed E-state index contributed by atoms with van der Waals surface area (Å²) < 4.78 is 5.83. The maximum absolute atomic E-state index is 13.7. The molecule has 0 saturated carbocycles. The minimum Gasteiger partial charge on any atom is -0.496 e. The van der Waals surface area contributed by atoms with Crippen LogP contribution in [0.4, 0.5) is 0 Å². The van der Waals surface area contributed by atoms with Gasteiger partial charge in [0.15, 0.2) is 0 Å². The molecule has 3 aromatic carbocycles. The monoisotopic (exact) mass is 486 g/mol. The number of carbonyl (C=O) groups excluding carboxylic acids is 2. The van der Waals surface area contributed by atoms with Crippen molar-refractivity contribution in [3.05, 3.63) is 101 Å². The van der Waals surface area contributed by atoms with Gasteiger partial charge >= 0.3 is 0 Å². The highest BCUT2D eigenvalue weighted by molar-refractivity contribution is 5.98. The maximum atomic E-state index is 13.7. The van der Waals surface area contributed by atoms with Crippen molar-refractivity contribution in [1.82, 2.24) is 5.32 Å². The van der Waals surface area contributed by atoms with Gasteiger partial charge in [0.05, 0.1) is 7.11 Å². The highest BCUT2D eigenvalue weighted by atomic mass is 16.5. The number of hydrogen-bond acceptors (Lipinski definition) is 3. The Bertz CT molecular complexity index is 1130. The van der Waals surface area contributed by atoms with E-state index in [2.05, 4.69) is 46.9 Å². The third-order valence-corrected chi connectivity index (χ3v) is 6.42. The van der Waals surface area contributed by atoms with Gasteiger partial charge in [-0.15, -0.1) is 0 Å². The molecule has 0 bridgehead atoms. The Kier molecular flexibility index (Phi) is 7.92. The third-order valence-electron chi connectivity index (χ3n) is 6.42. The Labute approximate surface area is 215 Å². The third kappa shape index (κ3) is 5.96. The van der Waals surface area contributed by atoms with Gasteiger partial charge in [0, 0.05) is 22.6 Å². The number of benzene rings is 3. The molecule has 0 heterocycles. The van der Waals surface area contributed by atoms with Crippen LogP contribution in [0.25, 0.3) is 0 Å². The van der Waals surface area contributed by atoms with Gasteiger partial charge in [-0.2, -0.15) is 0 Å². The molecule has 0 aliphatic rings. The fourth-order valence-corrected chi connectivity index (χ4v) is 4.54. The van der Waals surface area contributed by atoms with E-state index in [9.17, 15) is 9.59 Å². The lowest BCUT2D eigenvalue weighted by molar-refractivity contribution is -0.120. The molecule has 0 aromatic heterocycles. The lowest BCUT2D eigenvalue weighted by Gasteiger charge is -2.30. The Hall–Kier alpha value is -3.60. The van der Waals surface area contributed by atoms with E-state index in [1.54, 1.807) is 7.11 Å². The minimum atomic E-state index is -0.944. The molecule has 3 N–H and O–H groups in total. The highest BCUT2D eigenvalue weighted by Gasteiger charge is 2.33. The van der Waals surface area contributed by atoms with Crippen LogP contribution in [0.15, 0.2) is 72.8 Å². The van der Waals surface area contributed by atoms with Crippen LogP contribution in [0.1, 0.15) is 80.1 Å². The molecule has 0 aliphatic heterocycles. The average molecular weight is 487 g/mol. The molecule has 0 aliphatic carbocycles. The Balaban J connectivity index is 2.12. The first-order valence-electron chi connectivity index (χ1n) is 12.3. The van der Waals surface area contributed by atoms with Crippen molar-refractivity contribution >= 4 is 11.8 Å². The van der Waals surface area contributed by atoms with Crippen molar-refractivity contribution in [3.8, 4) is 5.75 Å². The average Bonchev–Trinajstić information content (AvgIpc) is 2.82. The SMILES string of the molecule is COc1c(C(C)(C)C)cc(C(=O)NC(C(N)=O)C(c2ccccc2)c2ccccc2)cc1C(C)(C)C. The van der Waals surface area contributed by atoms with Crippen molar-refractivity contribution in [3.63, 3.8) is 0 Å². The fraction of sp³-hybridized carbons (Fsp3) is 0.355. The van der Waals surface area contributed by atoms with Gasteiger partial charge in [0.2, 0.25) is 5.91 Å². The van der Waals surface area contributed by atoms with Gasteiger partial charge in [-0.3, -0.25) is 9.59 Å². The number of nitrogens with one attached hydrogen (secondary N) is 1. The predicted molar refractivity (Wildman–Crippen MR) is 146 cm³/mol. The number of ether oxygens (including phenoxy) is 1. The van der Waals surface area contributed by atoms with E-state index in [4.69, 9.17) is 10.5 Å². The number of amides is 2. The molecular weight excluding hydrogens is 448 g/mol. The van der Waals surface area contributed by atoms with E-state index in [0.717, 1.165) is 28.0 Å². The van der Waals surface area contributed by atoms with Crippen LogP contribution in [-0.2, 0) is 15.6 Å². The second-order valence-electron chi connectivity index (χ2n) is 11.3. The van der Waals surface area contributed by atoms with Gasteiger partial charge in [-0.05, 0) is 34.1 Å². The largest absolute Gasteiger partial charge is 0.496 e. The first kappa shape index (κ1) is 27.0. The van der Waals surface area contributed by atoms with Gasteiger partial charge in [0.1, 0.15) is 11.8 Å². The first-order valence-corrected chi connectivity index (χ1v) is 12.3. The summed E-state index contributed by atoms with van der Waals surface area (Å²) in [5.41, 5.74) is 9.51. The van der Waals surface area contributed by atoms with E-state index in [1.807, 2.05) is 72.8 Å². The minimum absolute atomic E-state index is 0.263. The summed E-state index contributed by atoms with van der Waals surface area (Å²) >= 11 is 0. The Morgan fingerprint density at radius 3 is 1.53 bits per heavy atom. The van der Waals surface area contributed by atoms with Crippen molar-refractivity contribution in [2.45, 2.75) is 64.3 Å². The van der Waals surface area contributed by atoms with Crippen LogP contribution >= 0.6 is 0 Å². The molecule has 5 nitrogen and oxygen atoms in total. The highest BCUT2D eigenvalue weighted by Crippen LogP contribution is 2.40. The second kappa shape index (κ2) is 10.6. The molecule has 1 atom stereocenters. The molecule has 0 fully saturated rings. The summed E-state index contributed by atoms with van der Waals surface area (Å²) in [5, 5.41) is 2.97. The summed E-state index contributed by atoms with van der Waals surface area (Å²) in [6, 6.07) is 22.1. The second-order valence-corrected chi connectivity index (χ2v) is 11.3. The topological polar surface area (TPSA) is 81.4 Å². The fourth-order valence-electron chi connectivity index (χ4n) is 4.54. The molecule has 190 valence electrons. The van der Waals surface area contributed by atoms with E-state index >= 15 is 0 Å². The lowest BCUT2D eigenvalue weighted by atomic mass is 9.78. The molecule has 1 unspecified atom stereocenters. The van der Waals surface area contributed by atoms with Crippen molar-refractivity contribution in [2.24, 2.45) is 5.73 Å². The molecule has 0 saturated heterocycles. The van der Waals surface area contributed by atoms with E-state index in [1.165, 1.54) is 0 Å². The number of rotatable bonds is 7. The van der Waals surface area contributed by atoms with Crippen LogP contribution in [0.5, 0.6) is 5.75 Å². The smallest absolute Gasteiger partial charge is 0.251 e. The molecule has 2 amide bonds. The van der Waals surface area contributed by atoms with Crippen LogP contribution in [-0.4, -0.2) is 25.0 Å². The number of carbonyl (C=O) groups is 2. The number of nitrogens with two attached hydrogens (primary N) is 1. The molecule has 36 heavy (non-hydrogen) atoms. The van der Waals surface area contributed by atoms with Gasteiger partial charge in [0.25, 0.3) is 5.91 Å². The summed E-state index contributed by atoms with van der Waals surface area (Å²) in [6.45, 7) is 12.5. The van der Waals surface area contributed by atoms with Crippen molar-refractivity contribution in [2.75, 3.05) is 7.11 Å². The molecule has 5 heteroatoms. The molecule has 3 aromatic rings. The van der Waals surface area contributed by atoms with E-state index in [0.29, 0.717) is 5.56 Å². The van der Waals surface area contributed by atoms with Crippen LogP contribution in [0, 0.1) is 0 Å². The van der Waals surface area contributed by atoms with Crippen LogP contribution in [0.3, 0.4) is 0 Å². The van der Waals surface area contributed by atoms with Crippen LogP contribution < -0.4 is 15.8 Å². The standard InChI is InChI=1S/C31H38N2O3/c1-30(2,3)23-18-22(19-24(27(23)36-7)31(4,5)6)29(35)33-26(28(32)34)25(20-14-10-8-11-15-20)21-16-12-9-13-17-21/h8-19,25-26H,1-7H3,(H2,32,34)(H,33,35). The molecule has 3 rings (SSSR count). The molecule has 0 spiro atoms. The first-order chi connectivity index (χ1) is 16.8. The Morgan fingerprint density at radius 2 is 1.19 bits per heavy atom. The summed E-state index contributed by atoms with van der Waals surface area (Å²) in [7, 11) is 1.66. The quantitative estimate of drug-likeness (QED) is 0.449. The zero-order chi connectivity index (χ0) is 26.7. The molecular formula is C31H38N2O3. The van der Waals surface area contributed by atoms with Crippen molar-refractivity contribution in [1.29, 1.82) is 0 Å². The maximum Gasteiger partial charge on any atom is 0.251 e. The zero-order valence-electron chi connectivity index (χ0n) is 22.4. The molecule has 0 radical (unpaired) electrons. The van der Waals surface area contributed by atoms with Gasteiger partial charge < -0.3 is 15.8 Å². The van der Waals surface area contributed by atoms with Crippen molar-refractivity contribution < 1.29 is 14.3 Å². The summed E-state index contributed by atoms with van der Waals surface area (Å²) in [6.07, 6.45) is 0. The van der Waals surface area contributed by atoms with Crippen LogP contribution in [0.2, 0.25) is 0 Å². The Morgan fingerprint density at radius 1 is 0.778 bits per heavy atom. The normalized spacial score (nSPS) is 12.8. The van der Waals surface area contributed by atoms with Gasteiger partial charge in [-0.1, -0.05) is 102 Å². The summed E-state index contributed by atoms with van der Waals surface area (Å²) in [5.74, 6) is -0.600. The number of hydrogen-bond donors (Lipinski definition) is 2. The number of methoxy groups -OCH3 is 1. The lowest BCUT2D eigenvalue weighted by Crippen LogP contribution is -2.48. The zero-order valence-corrected chi connectivity index (χ0v) is 22.4. The number of primary amides is 1.